The van der Waals surface area contributed by atoms with Crippen molar-refractivity contribution in [1.29, 1.82) is 0 Å². The zero-order valence-corrected chi connectivity index (χ0v) is 15.5. The van der Waals surface area contributed by atoms with E-state index >= 15 is 0 Å². The summed E-state index contributed by atoms with van der Waals surface area (Å²) in [5.41, 5.74) is 1.85. The lowest BCUT2D eigenvalue weighted by Gasteiger charge is -2.20. The molecule has 0 amide bonds. The van der Waals surface area contributed by atoms with Gasteiger partial charge in [-0.05, 0) is 38.5 Å². The minimum absolute atomic E-state index is 0.147. The van der Waals surface area contributed by atoms with Gasteiger partial charge in [-0.15, -0.1) is 11.3 Å². The summed E-state index contributed by atoms with van der Waals surface area (Å²) in [4.78, 5) is 8.83. The Balaban J connectivity index is 2.17. The van der Waals surface area contributed by atoms with Gasteiger partial charge in [-0.3, -0.25) is 0 Å². The summed E-state index contributed by atoms with van der Waals surface area (Å²) < 4.78 is 0. The smallest absolute Gasteiger partial charge is 0.185 e. The molecule has 120 valence electrons. The molecule has 0 aliphatic carbocycles. The highest BCUT2D eigenvalue weighted by atomic mass is 32.1. The average molecular weight is 310 g/mol. The predicted octanol–water partition coefficient (Wildman–Crippen LogP) is 4.39. The first-order chi connectivity index (χ1) is 9.57. The maximum Gasteiger partial charge on any atom is 0.185 e. The number of anilines is 1. The van der Waals surface area contributed by atoms with E-state index in [9.17, 15) is 0 Å². The van der Waals surface area contributed by atoms with Crippen LogP contribution in [0, 0.1) is 5.41 Å². The molecule has 1 aliphatic rings. The Kier molecular flexibility index (Phi) is 4.69. The summed E-state index contributed by atoms with van der Waals surface area (Å²) in [7, 11) is 0. The Hall–Kier alpha value is -0.610. The SMILES string of the molecule is CC(C)c1nc(N2CCC(C)(C)C2)sc1CNC(C)(C)C. The highest BCUT2D eigenvalue weighted by Crippen LogP contribution is 2.37. The summed E-state index contributed by atoms with van der Waals surface area (Å²) in [5, 5.41) is 4.82. The highest BCUT2D eigenvalue weighted by molar-refractivity contribution is 7.15. The number of aromatic nitrogens is 1. The molecule has 0 radical (unpaired) electrons. The summed E-state index contributed by atoms with van der Waals surface area (Å²) in [6, 6.07) is 0. The average Bonchev–Trinajstić information content (AvgIpc) is 2.88. The molecule has 1 aromatic heterocycles. The van der Waals surface area contributed by atoms with Crippen molar-refractivity contribution in [3.8, 4) is 0 Å². The van der Waals surface area contributed by atoms with E-state index in [1.807, 2.05) is 11.3 Å². The number of hydrogen-bond acceptors (Lipinski definition) is 4. The molecule has 2 rings (SSSR count). The van der Waals surface area contributed by atoms with Crippen molar-refractivity contribution in [3.05, 3.63) is 10.6 Å². The lowest BCUT2D eigenvalue weighted by Crippen LogP contribution is -2.35. The van der Waals surface area contributed by atoms with E-state index in [1.165, 1.54) is 22.1 Å². The monoisotopic (exact) mass is 309 g/mol. The maximum absolute atomic E-state index is 4.96. The summed E-state index contributed by atoms with van der Waals surface area (Å²) in [6.07, 6.45) is 1.26. The lowest BCUT2D eigenvalue weighted by atomic mass is 9.93. The molecule has 0 aromatic carbocycles. The molecule has 21 heavy (non-hydrogen) atoms. The van der Waals surface area contributed by atoms with Gasteiger partial charge in [0.05, 0.1) is 5.69 Å². The largest absolute Gasteiger partial charge is 0.348 e. The van der Waals surface area contributed by atoms with Crippen LogP contribution in [0.5, 0.6) is 0 Å². The molecule has 2 heterocycles. The third-order valence-electron chi connectivity index (χ3n) is 3.99. The summed E-state index contributed by atoms with van der Waals surface area (Å²) in [5.74, 6) is 0.488. The van der Waals surface area contributed by atoms with Crippen molar-refractivity contribution in [2.45, 2.75) is 72.9 Å². The molecule has 0 saturated carbocycles. The van der Waals surface area contributed by atoms with Gasteiger partial charge in [0.15, 0.2) is 5.13 Å². The van der Waals surface area contributed by atoms with Gasteiger partial charge in [-0.1, -0.05) is 27.7 Å². The van der Waals surface area contributed by atoms with Gasteiger partial charge in [0, 0.05) is 30.1 Å². The standard InChI is InChI=1S/C17H31N3S/c1-12(2)14-13(10-18-16(3,4)5)21-15(19-14)20-9-8-17(6,7)11-20/h12,18H,8-11H2,1-7H3. The molecule has 0 atom stereocenters. The first kappa shape index (κ1) is 16.8. The van der Waals surface area contributed by atoms with Gasteiger partial charge in [-0.2, -0.15) is 0 Å². The van der Waals surface area contributed by atoms with Crippen molar-refractivity contribution >= 4 is 16.5 Å². The van der Waals surface area contributed by atoms with Crippen molar-refractivity contribution in [1.82, 2.24) is 10.3 Å². The zero-order chi connectivity index (χ0) is 15.8. The molecule has 1 fully saturated rings. The van der Waals surface area contributed by atoms with Gasteiger partial charge < -0.3 is 10.2 Å². The quantitative estimate of drug-likeness (QED) is 0.894. The van der Waals surface area contributed by atoms with Crippen LogP contribution in [0.4, 0.5) is 5.13 Å². The number of nitrogens with zero attached hydrogens (tertiary/aromatic N) is 2. The second-order valence-electron chi connectivity index (χ2n) is 8.40. The van der Waals surface area contributed by atoms with Crippen LogP contribution >= 0.6 is 11.3 Å². The molecule has 1 aliphatic heterocycles. The van der Waals surface area contributed by atoms with Gasteiger partial charge in [-0.25, -0.2) is 4.98 Å². The van der Waals surface area contributed by atoms with Gasteiger partial charge in [0.25, 0.3) is 0 Å². The first-order valence-electron chi connectivity index (χ1n) is 8.07. The Morgan fingerprint density at radius 3 is 2.48 bits per heavy atom. The molecular formula is C17H31N3S. The fourth-order valence-electron chi connectivity index (χ4n) is 2.68. The second-order valence-corrected chi connectivity index (χ2v) is 9.46. The van der Waals surface area contributed by atoms with E-state index in [4.69, 9.17) is 4.98 Å². The Morgan fingerprint density at radius 1 is 1.33 bits per heavy atom. The molecule has 1 saturated heterocycles. The molecular weight excluding hydrogens is 278 g/mol. The van der Waals surface area contributed by atoms with E-state index in [1.54, 1.807) is 0 Å². The Morgan fingerprint density at radius 2 is 2.00 bits per heavy atom. The molecule has 3 nitrogen and oxygen atoms in total. The van der Waals surface area contributed by atoms with Crippen LogP contribution in [0.15, 0.2) is 0 Å². The van der Waals surface area contributed by atoms with E-state index in [0.717, 1.165) is 19.6 Å². The molecule has 1 N–H and O–H groups in total. The van der Waals surface area contributed by atoms with Crippen molar-refractivity contribution < 1.29 is 0 Å². The van der Waals surface area contributed by atoms with Crippen LogP contribution in [-0.2, 0) is 6.54 Å². The minimum Gasteiger partial charge on any atom is -0.348 e. The topological polar surface area (TPSA) is 28.2 Å². The lowest BCUT2D eigenvalue weighted by molar-refractivity contribution is 0.418. The van der Waals surface area contributed by atoms with Crippen LogP contribution in [-0.4, -0.2) is 23.6 Å². The summed E-state index contributed by atoms with van der Waals surface area (Å²) in [6.45, 7) is 19.0. The normalized spacial score (nSPS) is 18.8. The second kappa shape index (κ2) is 5.88. The fraction of sp³-hybridized carbons (Fsp3) is 0.824. The van der Waals surface area contributed by atoms with Gasteiger partial charge in [0.2, 0.25) is 0 Å². The van der Waals surface area contributed by atoms with E-state index < -0.39 is 0 Å². The van der Waals surface area contributed by atoms with Crippen LogP contribution in [0.1, 0.15) is 71.4 Å². The van der Waals surface area contributed by atoms with Gasteiger partial charge in [0.1, 0.15) is 0 Å². The number of thiazole rings is 1. The Bertz CT molecular complexity index is 483. The first-order valence-corrected chi connectivity index (χ1v) is 8.89. The number of hydrogen-bond donors (Lipinski definition) is 1. The molecule has 4 heteroatoms. The summed E-state index contributed by atoms with van der Waals surface area (Å²) >= 11 is 1.88. The third kappa shape index (κ3) is 4.43. The fourth-order valence-corrected chi connectivity index (χ4v) is 3.86. The zero-order valence-electron chi connectivity index (χ0n) is 14.7. The maximum atomic E-state index is 4.96. The molecule has 0 bridgehead atoms. The van der Waals surface area contributed by atoms with E-state index in [-0.39, 0.29) is 5.54 Å². The molecule has 1 aromatic rings. The van der Waals surface area contributed by atoms with E-state index in [0.29, 0.717) is 11.3 Å². The van der Waals surface area contributed by atoms with Crippen LogP contribution < -0.4 is 10.2 Å². The third-order valence-corrected chi connectivity index (χ3v) is 5.12. The van der Waals surface area contributed by atoms with Crippen molar-refractivity contribution in [2.24, 2.45) is 5.41 Å². The predicted molar refractivity (Wildman–Crippen MR) is 93.4 cm³/mol. The van der Waals surface area contributed by atoms with Crippen LogP contribution in [0.25, 0.3) is 0 Å². The van der Waals surface area contributed by atoms with Gasteiger partial charge >= 0.3 is 0 Å². The minimum atomic E-state index is 0.147. The van der Waals surface area contributed by atoms with Crippen molar-refractivity contribution in [3.63, 3.8) is 0 Å². The number of nitrogens with one attached hydrogen (secondary N) is 1. The molecule has 0 unspecified atom stereocenters. The van der Waals surface area contributed by atoms with Crippen LogP contribution in [0.2, 0.25) is 0 Å². The van der Waals surface area contributed by atoms with E-state index in [2.05, 4.69) is 58.7 Å². The van der Waals surface area contributed by atoms with Crippen molar-refractivity contribution in [2.75, 3.05) is 18.0 Å². The van der Waals surface area contributed by atoms with Crippen LogP contribution in [0.3, 0.4) is 0 Å². The highest BCUT2D eigenvalue weighted by Gasteiger charge is 2.31. The Labute approximate surface area is 134 Å². The molecule has 0 spiro atoms. The number of rotatable bonds is 4.